The number of rotatable bonds is 7. The molecule has 0 aromatic heterocycles. The van der Waals surface area contributed by atoms with Crippen molar-refractivity contribution < 1.29 is 17.9 Å². The van der Waals surface area contributed by atoms with Gasteiger partial charge in [-0.1, -0.05) is 43.7 Å². The molecule has 7 heteroatoms. The molecule has 0 aliphatic carbocycles. The molecule has 0 fully saturated rings. The molecule has 0 saturated carbocycles. The minimum absolute atomic E-state index is 0.0782. The first kappa shape index (κ1) is 19.0. The van der Waals surface area contributed by atoms with Crippen molar-refractivity contribution in [2.24, 2.45) is 5.14 Å². The van der Waals surface area contributed by atoms with Crippen molar-refractivity contribution in [3.05, 3.63) is 59.2 Å². The molecule has 0 bridgehead atoms. The second kappa shape index (κ2) is 8.13. The Morgan fingerprint density at radius 1 is 1.16 bits per heavy atom. The van der Waals surface area contributed by atoms with E-state index in [9.17, 15) is 13.2 Å². The fourth-order valence-corrected chi connectivity index (χ4v) is 3.25. The van der Waals surface area contributed by atoms with Crippen LogP contribution in [-0.2, 0) is 21.2 Å². The van der Waals surface area contributed by atoms with Crippen LogP contribution in [0.3, 0.4) is 0 Å². The van der Waals surface area contributed by atoms with E-state index in [4.69, 9.17) is 15.6 Å². The molecule has 0 aliphatic rings. The number of esters is 1. The van der Waals surface area contributed by atoms with Crippen LogP contribution in [0.25, 0.3) is 0 Å². The fourth-order valence-electron chi connectivity index (χ4n) is 2.42. The summed E-state index contributed by atoms with van der Waals surface area (Å²) in [7, 11) is -4.05. The molecule has 6 nitrogen and oxygen atoms in total. The van der Waals surface area contributed by atoms with Gasteiger partial charge in [-0.25, -0.2) is 18.4 Å². The van der Waals surface area contributed by atoms with Gasteiger partial charge in [-0.2, -0.15) is 0 Å². The summed E-state index contributed by atoms with van der Waals surface area (Å²) < 4.78 is 29.1. The Kier molecular flexibility index (Phi) is 6.17. The Balaban J connectivity index is 2.42. The molecule has 2 aromatic carbocycles. The van der Waals surface area contributed by atoms with Gasteiger partial charge >= 0.3 is 5.97 Å². The SMILES string of the molecule is CCCCOC(=O)c1cc(N)c(Cc2ccccc2)c(S(N)(=O)=O)c1. The highest BCUT2D eigenvalue weighted by Crippen LogP contribution is 2.26. The van der Waals surface area contributed by atoms with Crippen molar-refractivity contribution >= 4 is 21.7 Å². The van der Waals surface area contributed by atoms with Crippen LogP contribution in [0.4, 0.5) is 5.69 Å². The van der Waals surface area contributed by atoms with E-state index in [1.165, 1.54) is 12.1 Å². The number of primary sulfonamides is 1. The Morgan fingerprint density at radius 3 is 2.44 bits per heavy atom. The van der Waals surface area contributed by atoms with E-state index in [2.05, 4.69) is 0 Å². The summed E-state index contributed by atoms with van der Waals surface area (Å²) >= 11 is 0. The van der Waals surface area contributed by atoms with Crippen LogP contribution in [0, 0.1) is 0 Å². The molecule has 2 rings (SSSR count). The van der Waals surface area contributed by atoms with E-state index in [0.29, 0.717) is 12.0 Å². The standard InChI is InChI=1S/C18H22N2O4S/c1-2-3-9-24-18(21)14-11-16(19)15(17(12-14)25(20,22)23)10-13-7-5-4-6-8-13/h4-8,11-12H,2-3,9-10,19H2,1H3,(H2,20,22,23). The van der Waals surface area contributed by atoms with Crippen LogP contribution < -0.4 is 10.9 Å². The first-order valence-corrected chi connectivity index (χ1v) is 9.53. The molecule has 4 N–H and O–H groups in total. The van der Waals surface area contributed by atoms with Crippen molar-refractivity contribution in [3.63, 3.8) is 0 Å². The zero-order chi connectivity index (χ0) is 18.4. The molecule has 0 unspecified atom stereocenters. The number of anilines is 1. The van der Waals surface area contributed by atoms with Gasteiger partial charge in [-0.15, -0.1) is 0 Å². The number of nitrogen functional groups attached to an aromatic ring is 1. The van der Waals surface area contributed by atoms with Crippen LogP contribution >= 0.6 is 0 Å². The number of benzene rings is 2. The molecular formula is C18H22N2O4S. The summed E-state index contributed by atoms with van der Waals surface area (Å²) in [4.78, 5) is 12.0. The molecule has 0 aliphatic heterocycles. The molecule has 134 valence electrons. The third-order valence-electron chi connectivity index (χ3n) is 3.74. The summed E-state index contributed by atoms with van der Waals surface area (Å²) in [5.74, 6) is -0.615. The summed E-state index contributed by atoms with van der Waals surface area (Å²) in [6.45, 7) is 2.25. The predicted molar refractivity (Wildman–Crippen MR) is 96.7 cm³/mol. The van der Waals surface area contributed by atoms with Crippen molar-refractivity contribution in [1.82, 2.24) is 0 Å². The van der Waals surface area contributed by atoms with Gasteiger partial charge in [0.25, 0.3) is 0 Å². The van der Waals surface area contributed by atoms with Crippen LogP contribution in [0.1, 0.15) is 41.3 Å². The lowest BCUT2D eigenvalue weighted by molar-refractivity contribution is 0.0499. The normalized spacial score (nSPS) is 11.3. The number of carbonyl (C=O) groups excluding carboxylic acids is 1. The first-order valence-electron chi connectivity index (χ1n) is 7.99. The highest BCUT2D eigenvalue weighted by Gasteiger charge is 2.21. The Bertz CT molecular complexity index is 849. The zero-order valence-electron chi connectivity index (χ0n) is 14.1. The summed E-state index contributed by atoms with van der Waals surface area (Å²) in [6, 6.07) is 11.9. The number of sulfonamides is 1. The van der Waals surface area contributed by atoms with E-state index in [-0.39, 0.29) is 22.8 Å². The number of hydrogen-bond donors (Lipinski definition) is 2. The number of carbonyl (C=O) groups is 1. The number of ether oxygens (including phenoxy) is 1. The summed E-state index contributed by atoms with van der Waals surface area (Å²) in [6.07, 6.45) is 1.91. The van der Waals surface area contributed by atoms with Crippen LogP contribution in [0.2, 0.25) is 0 Å². The number of unbranched alkanes of at least 4 members (excludes halogenated alkanes) is 1. The van der Waals surface area contributed by atoms with Crippen molar-refractivity contribution in [2.45, 2.75) is 31.1 Å². The molecular weight excluding hydrogens is 340 g/mol. The molecule has 0 amide bonds. The fraction of sp³-hybridized carbons (Fsp3) is 0.278. The molecule has 0 saturated heterocycles. The van der Waals surface area contributed by atoms with Gasteiger partial charge in [0.1, 0.15) is 0 Å². The van der Waals surface area contributed by atoms with E-state index in [1.54, 1.807) is 0 Å². The Hall–Kier alpha value is -2.38. The average Bonchev–Trinajstić information content (AvgIpc) is 2.56. The van der Waals surface area contributed by atoms with Crippen LogP contribution in [0.15, 0.2) is 47.4 Å². The average molecular weight is 362 g/mol. The van der Waals surface area contributed by atoms with Gasteiger partial charge in [0.15, 0.2) is 0 Å². The molecule has 0 radical (unpaired) electrons. The van der Waals surface area contributed by atoms with Gasteiger partial charge in [-0.05, 0) is 29.7 Å². The summed E-state index contributed by atoms with van der Waals surface area (Å²) in [5, 5.41) is 5.34. The van der Waals surface area contributed by atoms with Gasteiger partial charge in [0, 0.05) is 12.1 Å². The van der Waals surface area contributed by atoms with Gasteiger partial charge in [-0.3, -0.25) is 0 Å². The van der Waals surface area contributed by atoms with Crippen molar-refractivity contribution in [1.29, 1.82) is 0 Å². The molecule has 0 atom stereocenters. The van der Waals surface area contributed by atoms with Crippen molar-refractivity contribution in [3.8, 4) is 0 Å². The van der Waals surface area contributed by atoms with Crippen LogP contribution in [0.5, 0.6) is 0 Å². The maximum absolute atomic E-state index is 12.1. The number of nitrogens with two attached hydrogens (primary N) is 2. The van der Waals surface area contributed by atoms with E-state index < -0.39 is 16.0 Å². The zero-order valence-corrected chi connectivity index (χ0v) is 14.9. The monoisotopic (exact) mass is 362 g/mol. The molecule has 0 spiro atoms. The maximum atomic E-state index is 12.1. The smallest absolute Gasteiger partial charge is 0.338 e. The van der Waals surface area contributed by atoms with Crippen molar-refractivity contribution in [2.75, 3.05) is 12.3 Å². The predicted octanol–water partition coefficient (Wildman–Crippen LogP) is 2.46. The molecule has 25 heavy (non-hydrogen) atoms. The first-order chi connectivity index (χ1) is 11.8. The van der Waals surface area contributed by atoms with Gasteiger partial charge in [0.05, 0.1) is 17.1 Å². The summed E-state index contributed by atoms with van der Waals surface area (Å²) in [5.41, 5.74) is 7.56. The minimum atomic E-state index is -4.05. The molecule has 2 aromatic rings. The largest absolute Gasteiger partial charge is 0.462 e. The Labute approximate surface area is 147 Å². The lowest BCUT2D eigenvalue weighted by Crippen LogP contribution is -2.18. The topological polar surface area (TPSA) is 112 Å². The second-order valence-electron chi connectivity index (χ2n) is 5.74. The van der Waals surface area contributed by atoms with Gasteiger partial charge < -0.3 is 10.5 Å². The lowest BCUT2D eigenvalue weighted by atomic mass is 10.0. The quantitative estimate of drug-likeness (QED) is 0.446. The third kappa shape index (κ3) is 5.04. The maximum Gasteiger partial charge on any atom is 0.338 e. The van der Waals surface area contributed by atoms with Crippen LogP contribution in [-0.4, -0.2) is 21.0 Å². The Morgan fingerprint density at radius 2 is 1.84 bits per heavy atom. The van der Waals surface area contributed by atoms with E-state index in [0.717, 1.165) is 18.4 Å². The lowest BCUT2D eigenvalue weighted by Gasteiger charge is -2.14. The highest BCUT2D eigenvalue weighted by atomic mass is 32.2. The number of hydrogen-bond acceptors (Lipinski definition) is 5. The second-order valence-corrected chi connectivity index (χ2v) is 7.27. The van der Waals surface area contributed by atoms with Gasteiger partial charge in [0.2, 0.25) is 10.0 Å². The minimum Gasteiger partial charge on any atom is -0.462 e. The molecule has 0 heterocycles. The van der Waals surface area contributed by atoms with E-state index in [1.807, 2.05) is 37.3 Å². The van der Waals surface area contributed by atoms with E-state index >= 15 is 0 Å². The highest BCUT2D eigenvalue weighted by molar-refractivity contribution is 7.89. The third-order valence-corrected chi connectivity index (χ3v) is 4.72.